The second kappa shape index (κ2) is 9.57. The van der Waals surface area contributed by atoms with Crippen molar-refractivity contribution >= 4 is 33.4 Å². The van der Waals surface area contributed by atoms with E-state index in [1.165, 1.54) is 10.4 Å². The zero-order valence-corrected chi connectivity index (χ0v) is 21.0. The van der Waals surface area contributed by atoms with E-state index in [9.17, 15) is 14.4 Å². The van der Waals surface area contributed by atoms with E-state index in [4.69, 9.17) is 4.74 Å². The number of hydrogen-bond acceptors (Lipinski definition) is 6. The van der Waals surface area contributed by atoms with Crippen LogP contribution >= 0.6 is 11.3 Å². The molecule has 1 aliphatic carbocycles. The second-order valence-electron chi connectivity index (χ2n) is 10.4. The van der Waals surface area contributed by atoms with Crippen LogP contribution in [-0.2, 0) is 33.7 Å². The molecule has 1 amide bonds. The van der Waals surface area contributed by atoms with Gasteiger partial charge in [-0.2, -0.15) is 0 Å². The van der Waals surface area contributed by atoms with E-state index in [-0.39, 0.29) is 35.2 Å². The largest absolute Gasteiger partial charge is 0.466 e. The Morgan fingerprint density at radius 1 is 1.21 bits per heavy atom. The summed E-state index contributed by atoms with van der Waals surface area (Å²) in [6.07, 6.45) is 6.15. The average molecular weight is 474 g/mol. The molecular weight excluding hydrogens is 438 g/mol. The van der Waals surface area contributed by atoms with Crippen molar-refractivity contribution in [2.24, 2.45) is 17.3 Å². The van der Waals surface area contributed by atoms with Crippen molar-refractivity contribution in [3.05, 3.63) is 27.1 Å². The number of esters is 1. The number of thiophene rings is 1. The molecule has 1 saturated heterocycles. The minimum Gasteiger partial charge on any atom is -0.466 e. The molecule has 0 aromatic carbocycles. The maximum atomic E-state index is 13.3. The molecule has 1 fully saturated rings. The summed E-state index contributed by atoms with van der Waals surface area (Å²) < 4.78 is 6.69. The molecule has 0 radical (unpaired) electrons. The molecule has 7 nitrogen and oxygen atoms in total. The third-order valence-electron chi connectivity index (χ3n) is 7.29. The molecule has 0 saturated carbocycles. The summed E-state index contributed by atoms with van der Waals surface area (Å²) in [4.78, 5) is 46.4. The summed E-state index contributed by atoms with van der Waals surface area (Å²) in [7, 11) is 0. The van der Waals surface area contributed by atoms with Gasteiger partial charge in [-0.05, 0) is 55.9 Å². The number of nitrogens with zero attached hydrogens (tertiary/aromatic N) is 3. The van der Waals surface area contributed by atoms with E-state index >= 15 is 0 Å². The molecule has 1 atom stereocenters. The number of rotatable bonds is 5. The predicted octanol–water partition coefficient (Wildman–Crippen LogP) is 3.80. The number of ether oxygens (including phenoxy) is 1. The van der Waals surface area contributed by atoms with Crippen LogP contribution in [0.15, 0.2) is 11.1 Å². The van der Waals surface area contributed by atoms with Gasteiger partial charge in [0.15, 0.2) is 0 Å². The summed E-state index contributed by atoms with van der Waals surface area (Å²) in [5, 5.41) is 0.757. The smallest absolute Gasteiger partial charge is 0.309 e. The standard InChI is InChI=1S/C25H35N3O4S/c1-5-32-24(31)16-8-11-27(12-9-16)20(29)10-13-28-15-26-22-21(23(28)30)18-7-6-17(25(2,3)4)14-19(18)33-22/h15-17H,5-14H2,1-4H3. The molecule has 2 aromatic rings. The number of fused-ring (bicyclic) bond motifs is 3. The highest BCUT2D eigenvalue weighted by Gasteiger charge is 2.32. The third-order valence-corrected chi connectivity index (χ3v) is 8.46. The summed E-state index contributed by atoms with van der Waals surface area (Å²) in [6, 6.07) is 0. The highest BCUT2D eigenvalue weighted by Crippen LogP contribution is 2.41. The van der Waals surface area contributed by atoms with Gasteiger partial charge in [0, 0.05) is 30.9 Å². The minimum absolute atomic E-state index is 0.0182. The van der Waals surface area contributed by atoms with Gasteiger partial charge in [-0.1, -0.05) is 20.8 Å². The number of carbonyl (C=O) groups is 2. The summed E-state index contributed by atoms with van der Waals surface area (Å²) in [5.41, 5.74) is 1.40. The van der Waals surface area contributed by atoms with Gasteiger partial charge in [0.1, 0.15) is 4.83 Å². The highest BCUT2D eigenvalue weighted by atomic mass is 32.1. The molecule has 33 heavy (non-hydrogen) atoms. The Labute approximate surface area is 199 Å². The van der Waals surface area contributed by atoms with Gasteiger partial charge in [0.05, 0.1) is 24.2 Å². The van der Waals surface area contributed by atoms with E-state index < -0.39 is 0 Å². The Kier molecular flexibility index (Phi) is 6.93. The lowest BCUT2D eigenvalue weighted by molar-refractivity contribution is -0.151. The predicted molar refractivity (Wildman–Crippen MR) is 129 cm³/mol. The normalized spacial score (nSPS) is 19.5. The zero-order chi connectivity index (χ0) is 23.8. The number of piperidine rings is 1. The quantitative estimate of drug-likeness (QED) is 0.617. The summed E-state index contributed by atoms with van der Waals surface area (Å²) in [6.45, 7) is 10.5. The third kappa shape index (κ3) is 5.00. The summed E-state index contributed by atoms with van der Waals surface area (Å²) in [5.74, 6) is 0.352. The van der Waals surface area contributed by atoms with Crippen molar-refractivity contribution in [1.82, 2.24) is 14.5 Å². The van der Waals surface area contributed by atoms with Gasteiger partial charge in [0.25, 0.3) is 5.56 Å². The first-order valence-electron chi connectivity index (χ1n) is 12.1. The summed E-state index contributed by atoms with van der Waals surface area (Å²) >= 11 is 1.66. The Hall–Kier alpha value is -2.22. The SMILES string of the molecule is CCOC(=O)C1CCN(C(=O)CCn2cnc3sc4c(c3c2=O)CCC(C(C)(C)C)C4)CC1. The van der Waals surface area contributed by atoms with Crippen molar-refractivity contribution < 1.29 is 14.3 Å². The molecule has 8 heteroatoms. The van der Waals surface area contributed by atoms with Crippen molar-refractivity contribution in [3.8, 4) is 0 Å². The van der Waals surface area contributed by atoms with Crippen LogP contribution in [0.3, 0.4) is 0 Å². The fourth-order valence-electron chi connectivity index (χ4n) is 5.10. The van der Waals surface area contributed by atoms with Gasteiger partial charge in [-0.25, -0.2) is 4.98 Å². The van der Waals surface area contributed by atoms with Crippen molar-refractivity contribution in [2.75, 3.05) is 19.7 Å². The lowest BCUT2D eigenvalue weighted by Gasteiger charge is -2.33. The van der Waals surface area contributed by atoms with E-state index in [1.807, 2.05) is 0 Å². The maximum absolute atomic E-state index is 13.3. The van der Waals surface area contributed by atoms with Crippen LogP contribution in [0.4, 0.5) is 0 Å². The molecule has 2 aromatic heterocycles. The molecular formula is C25H35N3O4S. The van der Waals surface area contributed by atoms with Gasteiger partial charge in [0.2, 0.25) is 5.91 Å². The number of likely N-dealkylation sites (tertiary alicyclic amines) is 1. The van der Waals surface area contributed by atoms with Gasteiger partial charge >= 0.3 is 5.97 Å². The Morgan fingerprint density at radius 3 is 2.61 bits per heavy atom. The minimum atomic E-state index is -0.163. The molecule has 0 bridgehead atoms. The number of carbonyl (C=O) groups excluding carboxylic acids is 2. The van der Waals surface area contributed by atoms with E-state index in [2.05, 4.69) is 25.8 Å². The highest BCUT2D eigenvalue weighted by molar-refractivity contribution is 7.18. The van der Waals surface area contributed by atoms with Gasteiger partial charge in [-0.3, -0.25) is 19.0 Å². The van der Waals surface area contributed by atoms with Crippen LogP contribution in [0, 0.1) is 17.3 Å². The lowest BCUT2D eigenvalue weighted by Crippen LogP contribution is -2.41. The first kappa shape index (κ1) is 23.9. The van der Waals surface area contributed by atoms with Crippen LogP contribution < -0.4 is 5.56 Å². The Morgan fingerprint density at radius 2 is 1.94 bits per heavy atom. The van der Waals surface area contributed by atoms with Crippen LogP contribution in [0.2, 0.25) is 0 Å². The molecule has 0 N–H and O–H groups in total. The number of aromatic nitrogens is 2. The first-order valence-corrected chi connectivity index (χ1v) is 12.9. The van der Waals surface area contributed by atoms with Crippen molar-refractivity contribution in [1.29, 1.82) is 0 Å². The fourth-order valence-corrected chi connectivity index (χ4v) is 6.36. The zero-order valence-electron chi connectivity index (χ0n) is 20.2. The molecule has 2 aliphatic rings. The van der Waals surface area contributed by atoms with Gasteiger partial charge in [-0.15, -0.1) is 11.3 Å². The second-order valence-corrected chi connectivity index (χ2v) is 11.5. The fraction of sp³-hybridized carbons (Fsp3) is 0.680. The molecule has 4 rings (SSSR count). The monoisotopic (exact) mass is 473 g/mol. The van der Waals surface area contributed by atoms with E-state index in [1.54, 1.807) is 34.1 Å². The lowest BCUT2D eigenvalue weighted by atomic mass is 9.72. The van der Waals surface area contributed by atoms with Crippen LogP contribution in [-0.4, -0.2) is 46.0 Å². The van der Waals surface area contributed by atoms with Crippen LogP contribution in [0.25, 0.3) is 10.2 Å². The maximum Gasteiger partial charge on any atom is 0.309 e. The number of aryl methyl sites for hydroxylation is 2. The van der Waals surface area contributed by atoms with Crippen LogP contribution in [0.1, 0.15) is 63.8 Å². The first-order chi connectivity index (χ1) is 15.7. The molecule has 1 unspecified atom stereocenters. The Bertz CT molecular complexity index is 1090. The number of amides is 1. The molecule has 3 heterocycles. The molecule has 1 aliphatic heterocycles. The van der Waals surface area contributed by atoms with Crippen molar-refractivity contribution in [2.45, 2.75) is 72.8 Å². The topological polar surface area (TPSA) is 81.5 Å². The van der Waals surface area contributed by atoms with E-state index in [0.29, 0.717) is 45.0 Å². The van der Waals surface area contributed by atoms with Gasteiger partial charge < -0.3 is 9.64 Å². The molecule has 0 spiro atoms. The van der Waals surface area contributed by atoms with Crippen LogP contribution in [0.5, 0.6) is 0 Å². The number of hydrogen-bond donors (Lipinski definition) is 0. The molecule has 180 valence electrons. The Balaban J connectivity index is 1.41. The average Bonchev–Trinajstić information content (AvgIpc) is 3.16. The van der Waals surface area contributed by atoms with Crippen molar-refractivity contribution in [3.63, 3.8) is 0 Å². The van der Waals surface area contributed by atoms with E-state index in [0.717, 1.165) is 29.5 Å².